The molecule has 3 aliphatic rings. The molecule has 1 aliphatic carbocycles. The second-order valence-corrected chi connectivity index (χ2v) is 11.6. The molecule has 2 saturated heterocycles. The van der Waals surface area contributed by atoms with Gasteiger partial charge in [-0.05, 0) is 55.7 Å². The summed E-state index contributed by atoms with van der Waals surface area (Å²) < 4.78 is 0. The summed E-state index contributed by atoms with van der Waals surface area (Å²) in [5.74, 6) is 1.02. The minimum Gasteiger partial charge on any atom is -0.465 e. The molecule has 10 heteroatoms. The molecule has 4 heterocycles. The van der Waals surface area contributed by atoms with E-state index in [1.54, 1.807) is 23.5 Å². The van der Waals surface area contributed by atoms with Crippen LogP contribution in [-0.4, -0.2) is 56.6 Å². The predicted octanol–water partition coefficient (Wildman–Crippen LogP) is 6.48. The average Bonchev–Trinajstić information content (AvgIpc) is 3.30. The van der Waals surface area contributed by atoms with Gasteiger partial charge in [0.05, 0.1) is 46.1 Å². The van der Waals surface area contributed by atoms with Gasteiger partial charge in [-0.25, -0.2) is 14.8 Å². The highest BCUT2D eigenvalue weighted by atomic mass is 35.5. The molecule has 0 bridgehead atoms. The molecule has 2 aliphatic heterocycles. The summed E-state index contributed by atoms with van der Waals surface area (Å²) in [7, 11) is 0. The van der Waals surface area contributed by atoms with Crippen molar-refractivity contribution in [3.05, 3.63) is 59.5 Å². The smallest absolute Gasteiger partial charge is 0.407 e. The first-order valence-electron chi connectivity index (χ1n) is 14.1. The second kappa shape index (κ2) is 11.0. The van der Waals surface area contributed by atoms with Gasteiger partial charge in [-0.15, -0.1) is 0 Å². The molecule has 2 N–H and O–H groups in total. The molecule has 3 fully saturated rings. The Morgan fingerprint density at radius 1 is 1.02 bits per heavy atom. The zero-order chi connectivity index (χ0) is 27.7. The molecular weight excluding hydrogens is 528 g/mol. The van der Waals surface area contributed by atoms with Gasteiger partial charge in [0.2, 0.25) is 11.9 Å². The van der Waals surface area contributed by atoms with E-state index in [-0.39, 0.29) is 5.91 Å². The number of pyridine rings is 1. The first-order chi connectivity index (χ1) is 19.4. The fraction of sp³-hybridized carbons (Fsp3) is 0.433. The van der Waals surface area contributed by atoms with Gasteiger partial charge < -0.3 is 20.2 Å². The molecule has 3 aromatic rings. The number of carboxylic acid groups (broad SMARTS) is 1. The number of nitrogens with one attached hydrogen (secondary N) is 1. The number of hydrogen-bond acceptors (Lipinski definition) is 6. The van der Waals surface area contributed by atoms with Crippen molar-refractivity contribution in [1.29, 1.82) is 0 Å². The van der Waals surface area contributed by atoms with Crippen molar-refractivity contribution in [3.63, 3.8) is 0 Å². The van der Waals surface area contributed by atoms with Crippen molar-refractivity contribution in [2.24, 2.45) is 5.41 Å². The van der Waals surface area contributed by atoms with E-state index in [4.69, 9.17) is 16.6 Å². The lowest BCUT2D eigenvalue weighted by atomic mass is 9.77. The van der Waals surface area contributed by atoms with Crippen LogP contribution in [0.15, 0.2) is 48.9 Å². The predicted molar refractivity (Wildman–Crippen MR) is 154 cm³/mol. The van der Waals surface area contributed by atoms with Crippen molar-refractivity contribution in [2.45, 2.75) is 57.3 Å². The third kappa shape index (κ3) is 5.22. The molecule has 1 saturated carbocycles. The van der Waals surface area contributed by atoms with Gasteiger partial charge in [-0.2, -0.15) is 0 Å². The molecule has 0 atom stereocenters. The number of rotatable bonds is 5. The monoisotopic (exact) mass is 560 g/mol. The second-order valence-electron chi connectivity index (χ2n) is 11.2. The topological polar surface area (TPSA) is 112 Å². The number of likely N-dealkylation sites (tertiary alicyclic amines) is 1. The number of nitrogens with zero attached hydrogens (tertiary/aromatic N) is 5. The molecule has 0 unspecified atom stereocenters. The fourth-order valence-electron chi connectivity index (χ4n) is 6.44. The highest BCUT2D eigenvalue weighted by Crippen LogP contribution is 2.43. The van der Waals surface area contributed by atoms with Crippen LogP contribution in [0.5, 0.6) is 0 Å². The standard InChI is InChI=1S/C30H33ClN6O3/c31-25-19-33-28(35-26(25)22-8-4-7-21(15-22)20-5-2-1-3-6-20)34-23-16-24(18-32-17-23)37-14-11-30(27(37)38)9-12-36(13-10-30)29(39)40/h4,7-8,15-20H,1-3,5-6,9-14H2,(H,39,40)(H,33,34,35). The summed E-state index contributed by atoms with van der Waals surface area (Å²) in [6, 6.07) is 10.4. The number of hydrogen-bond donors (Lipinski definition) is 2. The van der Waals surface area contributed by atoms with E-state index in [0.29, 0.717) is 72.9 Å². The van der Waals surface area contributed by atoms with Crippen LogP contribution in [0.25, 0.3) is 11.3 Å². The number of anilines is 3. The van der Waals surface area contributed by atoms with Crippen LogP contribution in [0.3, 0.4) is 0 Å². The van der Waals surface area contributed by atoms with Crippen LogP contribution in [0.1, 0.15) is 62.8 Å². The van der Waals surface area contributed by atoms with Crippen molar-refractivity contribution in [1.82, 2.24) is 19.9 Å². The Morgan fingerprint density at radius 3 is 2.58 bits per heavy atom. The quantitative estimate of drug-likeness (QED) is 0.367. The van der Waals surface area contributed by atoms with E-state index in [1.807, 2.05) is 12.1 Å². The van der Waals surface area contributed by atoms with Crippen molar-refractivity contribution < 1.29 is 14.7 Å². The summed E-state index contributed by atoms with van der Waals surface area (Å²) in [4.78, 5) is 41.4. The molecule has 1 spiro atoms. The maximum atomic E-state index is 13.5. The molecule has 9 nitrogen and oxygen atoms in total. The molecule has 1 aromatic carbocycles. The summed E-state index contributed by atoms with van der Waals surface area (Å²) in [6.07, 6.45) is 12.1. The number of carbonyl (C=O) groups excluding carboxylic acids is 1. The van der Waals surface area contributed by atoms with Gasteiger partial charge in [0.1, 0.15) is 0 Å². The summed E-state index contributed by atoms with van der Waals surface area (Å²) in [5, 5.41) is 13.0. The Labute approximate surface area is 238 Å². The number of carbonyl (C=O) groups is 2. The first kappa shape index (κ1) is 26.5. The van der Waals surface area contributed by atoms with E-state index in [0.717, 1.165) is 5.56 Å². The van der Waals surface area contributed by atoms with Gasteiger partial charge in [0.25, 0.3) is 0 Å². The summed E-state index contributed by atoms with van der Waals surface area (Å²) >= 11 is 6.55. The number of aromatic nitrogens is 3. The van der Waals surface area contributed by atoms with E-state index in [2.05, 4.69) is 33.5 Å². The largest absolute Gasteiger partial charge is 0.465 e. The fourth-order valence-corrected chi connectivity index (χ4v) is 6.64. The molecule has 2 aromatic heterocycles. The number of benzene rings is 1. The van der Waals surface area contributed by atoms with Crippen molar-refractivity contribution >= 4 is 40.9 Å². The van der Waals surface area contributed by atoms with Gasteiger partial charge >= 0.3 is 6.09 Å². The number of piperidine rings is 1. The van der Waals surface area contributed by atoms with Crippen LogP contribution in [0.2, 0.25) is 5.02 Å². The first-order valence-corrected chi connectivity index (χ1v) is 14.4. The van der Waals surface area contributed by atoms with E-state index < -0.39 is 11.5 Å². The van der Waals surface area contributed by atoms with Gasteiger partial charge in [0.15, 0.2) is 0 Å². The lowest BCUT2D eigenvalue weighted by molar-refractivity contribution is -0.127. The Bertz CT molecular complexity index is 1420. The van der Waals surface area contributed by atoms with Crippen LogP contribution in [-0.2, 0) is 4.79 Å². The normalized spacial score (nSPS) is 19.3. The Balaban J connectivity index is 1.19. The average molecular weight is 561 g/mol. The van der Waals surface area contributed by atoms with Crippen LogP contribution in [0, 0.1) is 5.41 Å². The third-order valence-corrected chi connectivity index (χ3v) is 9.05. The lowest BCUT2D eigenvalue weighted by Gasteiger charge is -2.36. The molecule has 2 amide bonds. The molecule has 40 heavy (non-hydrogen) atoms. The zero-order valence-corrected chi connectivity index (χ0v) is 23.1. The van der Waals surface area contributed by atoms with E-state index in [1.165, 1.54) is 42.6 Å². The number of halogens is 1. The zero-order valence-electron chi connectivity index (χ0n) is 22.4. The minimum atomic E-state index is -0.926. The molecule has 0 radical (unpaired) electrons. The Morgan fingerprint density at radius 2 is 1.80 bits per heavy atom. The summed E-state index contributed by atoms with van der Waals surface area (Å²) in [6.45, 7) is 1.35. The van der Waals surface area contributed by atoms with E-state index in [9.17, 15) is 14.7 Å². The lowest BCUT2D eigenvalue weighted by Crippen LogP contribution is -2.46. The maximum absolute atomic E-state index is 13.5. The number of amides is 2. The SMILES string of the molecule is O=C(O)N1CCC2(CC1)CCN(c1cncc(Nc3ncc(Cl)c(-c4cccc(C5CCCCC5)c4)n3)c1)C2=O. The van der Waals surface area contributed by atoms with Crippen LogP contribution in [0.4, 0.5) is 22.1 Å². The third-order valence-electron chi connectivity index (χ3n) is 8.78. The van der Waals surface area contributed by atoms with Crippen molar-refractivity contribution in [2.75, 3.05) is 29.9 Å². The Hall–Kier alpha value is -3.72. The van der Waals surface area contributed by atoms with Gasteiger partial charge in [-0.1, -0.05) is 49.1 Å². The maximum Gasteiger partial charge on any atom is 0.407 e. The Kier molecular flexibility index (Phi) is 7.31. The van der Waals surface area contributed by atoms with E-state index >= 15 is 0 Å². The highest BCUT2D eigenvalue weighted by Gasteiger charge is 2.49. The highest BCUT2D eigenvalue weighted by molar-refractivity contribution is 6.32. The summed E-state index contributed by atoms with van der Waals surface area (Å²) in [5.41, 5.74) is 3.83. The van der Waals surface area contributed by atoms with Crippen molar-refractivity contribution in [3.8, 4) is 11.3 Å². The van der Waals surface area contributed by atoms with Gasteiger partial charge in [-0.3, -0.25) is 9.78 Å². The molecule has 208 valence electrons. The molecule has 6 rings (SSSR count). The van der Waals surface area contributed by atoms with Crippen LogP contribution >= 0.6 is 11.6 Å². The molecular formula is C30H33ClN6O3. The minimum absolute atomic E-state index is 0.0411. The van der Waals surface area contributed by atoms with Crippen LogP contribution < -0.4 is 10.2 Å². The van der Waals surface area contributed by atoms with Gasteiger partial charge in [0, 0.05) is 25.2 Å².